The lowest BCUT2D eigenvalue weighted by Gasteiger charge is -2.40. The molecule has 16 nitrogen and oxygen atoms in total. The fourth-order valence-electron chi connectivity index (χ4n) is 4.78. The molecular formula is C27H30O16. The Morgan fingerprint density at radius 1 is 0.721 bits per heavy atom. The van der Waals surface area contributed by atoms with Crippen LogP contribution in [0.25, 0.3) is 6.08 Å². The first-order valence-corrected chi connectivity index (χ1v) is 13.0. The van der Waals surface area contributed by atoms with Crippen molar-refractivity contribution in [1.29, 1.82) is 0 Å². The van der Waals surface area contributed by atoms with Gasteiger partial charge < -0.3 is 74.7 Å². The van der Waals surface area contributed by atoms with Crippen molar-refractivity contribution in [3.63, 3.8) is 0 Å². The number of ether oxygens (including phenoxy) is 5. The maximum atomic E-state index is 13.4. The Kier molecular flexibility index (Phi) is 8.77. The fraction of sp³-hybridized carbons (Fsp3) is 0.444. The van der Waals surface area contributed by atoms with Crippen molar-refractivity contribution in [1.82, 2.24) is 0 Å². The quantitative estimate of drug-likeness (QED) is 0.111. The second-order valence-corrected chi connectivity index (χ2v) is 10.1. The van der Waals surface area contributed by atoms with E-state index >= 15 is 0 Å². The molecule has 2 fully saturated rings. The monoisotopic (exact) mass is 610 g/mol. The highest BCUT2D eigenvalue weighted by Gasteiger charge is 2.47. The number of aromatic hydroxyl groups is 2. The van der Waals surface area contributed by atoms with Gasteiger partial charge in [0.25, 0.3) is 0 Å². The van der Waals surface area contributed by atoms with Crippen molar-refractivity contribution >= 4 is 11.9 Å². The second-order valence-electron chi connectivity index (χ2n) is 10.1. The summed E-state index contributed by atoms with van der Waals surface area (Å²) in [4.78, 5) is 13.4. The largest absolute Gasteiger partial charge is 0.504 e. The first kappa shape index (κ1) is 30.9. The third-order valence-corrected chi connectivity index (χ3v) is 7.20. The van der Waals surface area contributed by atoms with Gasteiger partial charge in [-0.1, -0.05) is 6.07 Å². The zero-order valence-corrected chi connectivity index (χ0v) is 22.1. The number of phenolic OH excluding ortho intramolecular Hbond substituents is 2. The van der Waals surface area contributed by atoms with E-state index in [-0.39, 0.29) is 34.1 Å². The molecule has 3 aliphatic rings. The predicted molar refractivity (Wildman–Crippen MR) is 138 cm³/mol. The van der Waals surface area contributed by atoms with Crippen LogP contribution in [0.15, 0.2) is 36.1 Å². The number of carbonyl (C=O) groups excluding carboxylic acids is 1. The van der Waals surface area contributed by atoms with Crippen LogP contribution in [-0.4, -0.2) is 131 Å². The van der Waals surface area contributed by atoms with Crippen LogP contribution in [-0.2, 0) is 9.47 Å². The van der Waals surface area contributed by atoms with E-state index in [1.165, 1.54) is 30.3 Å². The average Bonchev–Trinajstić information content (AvgIpc) is 3.29. The molecule has 16 heteroatoms. The van der Waals surface area contributed by atoms with Gasteiger partial charge in [-0.3, -0.25) is 4.79 Å². The van der Waals surface area contributed by atoms with E-state index in [4.69, 9.17) is 23.7 Å². The molecule has 5 rings (SSSR count). The molecule has 0 amide bonds. The Morgan fingerprint density at radius 2 is 1.30 bits per heavy atom. The minimum Gasteiger partial charge on any atom is -0.504 e. The number of hydrogen-bond acceptors (Lipinski definition) is 16. The molecule has 43 heavy (non-hydrogen) atoms. The lowest BCUT2D eigenvalue weighted by atomic mass is 9.99. The van der Waals surface area contributed by atoms with Crippen LogP contribution in [0.4, 0.5) is 0 Å². The van der Waals surface area contributed by atoms with Crippen LogP contribution in [0.1, 0.15) is 15.9 Å². The number of carbonyl (C=O) groups is 1. The van der Waals surface area contributed by atoms with Gasteiger partial charge in [-0.2, -0.15) is 0 Å². The first-order chi connectivity index (χ1) is 20.4. The normalized spacial score (nSPS) is 35.0. The van der Waals surface area contributed by atoms with E-state index < -0.39 is 91.9 Å². The SMILES string of the molecule is O=C1C(=Cc2ccc(O)c(O)c2)Oc2cc(O[C@@H]3O[C@H](CO)[C@@H](O)[C@H](O)[C@H]3O)cc(O[C@@H]3O[C@H](CO)[C@@H](O)[C@H](O)[C@H]3O)c21. The Labute approximate surface area is 242 Å². The van der Waals surface area contributed by atoms with Gasteiger partial charge in [-0.25, -0.2) is 0 Å². The molecule has 234 valence electrons. The van der Waals surface area contributed by atoms with Crippen molar-refractivity contribution < 1.29 is 79.5 Å². The lowest BCUT2D eigenvalue weighted by Crippen LogP contribution is -2.60. The van der Waals surface area contributed by atoms with Gasteiger partial charge in [0.2, 0.25) is 18.4 Å². The van der Waals surface area contributed by atoms with E-state index in [1.807, 2.05) is 0 Å². The molecule has 0 aromatic heterocycles. The molecule has 3 aliphatic heterocycles. The number of aliphatic hydroxyl groups excluding tert-OH is 8. The van der Waals surface area contributed by atoms with Crippen molar-refractivity contribution in [2.24, 2.45) is 0 Å². The Bertz CT molecular complexity index is 1370. The number of hydrogen-bond donors (Lipinski definition) is 10. The highest BCUT2D eigenvalue weighted by atomic mass is 16.7. The lowest BCUT2D eigenvalue weighted by molar-refractivity contribution is -0.278. The molecule has 10 N–H and O–H groups in total. The molecule has 0 spiro atoms. The van der Waals surface area contributed by atoms with Crippen molar-refractivity contribution in [2.45, 2.75) is 61.4 Å². The molecule has 3 heterocycles. The molecule has 2 saturated heterocycles. The van der Waals surface area contributed by atoms with Crippen LogP contribution in [0.2, 0.25) is 0 Å². The summed E-state index contributed by atoms with van der Waals surface area (Å²) >= 11 is 0. The van der Waals surface area contributed by atoms with Gasteiger partial charge >= 0.3 is 0 Å². The summed E-state index contributed by atoms with van der Waals surface area (Å²) in [6.07, 6.45) is -15.3. The zero-order chi connectivity index (χ0) is 31.2. The molecule has 0 unspecified atom stereocenters. The molecule has 0 radical (unpaired) electrons. The maximum Gasteiger partial charge on any atom is 0.235 e. The van der Waals surface area contributed by atoms with Crippen LogP contribution in [0, 0.1) is 0 Å². The Balaban J connectivity index is 1.51. The van der Waals surface area contributed by atoms with E-state index in [0.29, 0.717) is 0 Å². The molecule has 0 bridgehead atoms. The van der Waals surface area contributed by atoms with Gasteiger partial charge in [0, 0.05) is 12.1 Å². The number of Topliss-reactive ketones (excluding diaryl/α,β-unsaturated/α-hetero) is 1. The first-order valence-electron chi connectivity index (χ1n) is 13.0. The summed E-state index contributed by atoms with van der Waals surface area (Å²) in [5, 5.41) is 99.8. The second kappa shape index (κ2) is 12.2. The van der Waals surface area contributed by atoms with Crippen LogP contribution in [0.3, 0.4) is 0 Å². The van der Waals surface area contributed by atoms with Crippen molar-refractivity contribution in [3.8, 4) is 28.7 Å². The van der Waals surface area contributed by atoms with Gasteiger partial charge in [0.1, 0.15) is 71.6 Å². The summed E-state index contributed by atoms with van der Waals surface area (Å²) in [5.41, 5.74) is 0.0491. The maximum absolute atomic E-state index is 13.4. The third kappa shape index (κ3) is 5.85. The smallest absolute Gasteiger partial charge is 0.235 e. The number of aliphatic hydroxyl groups is 8. The average molecular weight is 611 g/mol. The van der Waals surface area contributed by atoms with Gasteiger partial charge in [-0.05, 0) is 23.8 Å². The fourth-order valence-corrected chi connectivity index (χ4v) is 4.78. The molecule has 2 aromatic rings. The molecule has 2 aromatic carbocycles. The molecular weight excluding hydrogens is 580 g/mol. The molecule has 0 aliphatic carbocycles. The van der Waals surface area contributed by atoms with E-state index in [0.717, 1.165) is 6.07 Å². The topological polar surface area (TPSA) is 266 Å². The number of fused-ring (bicyclic) bond motifs is 1. The standard InChI is InChI=1S/C27H30O16/c28-7-16-20(33)22(35)24(37)26(42-16)39-10-5-13-18(19(32)15(40-13)4-9-1-2-11(30)12(31)3-9)14(6-10)41-27-25(38)23(36)21(34)17(8-29)43-27/h1-6,16-17,20-31,33-38H,7-8H2/t16-,17-,20-,21-,22+,23+,24-,25-,26-,27-/m1/s1. The number of ketones is 1. The van der Waals surface area contributed by atoms with E-state index in [9.17, 15) is 55.9 Å². The molecule has 0 saturated carbocycles. The van der Waals surface area contributed by atoms with Crippen molar-refractivity contribution in [2.75, 3.05) is 13.2 Å². The zero-order valence-electron chi connectivity index (χ0n) is 22.1. The van der Waals surface area contributed by atoms with Gasteiger partial charge in [0.15, 0.2) is 17.3 Å². The minimum atomic E-state index is -1.85. The summed E-state index contributed by atoms with van der Waals surface area (Å²) in [7, 11) is 0. The number of allylic oxidation sites excluding steroid dienone is 1. The third-order valence-electron chi connectivity index (χ3n) is 7.20. The van der Waals surface area contributed by atoms with Crippen LogP contribution in [0.5, 0.6) is 28.7 Å². The van der Waals surface area contributed by atoms with Crippen LogP contribution >= 0.6 is 0 Å². The summed E-state index contributed by atoms with van der Waals surface area (Å²) in [6, 6.07) is 6.05. The Hall–Kier alpha value is -3.55. The minimum absolute atomic E-state index is 0.166. The number of rotatable bonds is 7. The predicted octanol–water partition coefficient (Wildman–Crippen LogP) is -2.93. The summed E-state index contributed by atoms with van der Waals surface area (Å²) < 4.78 is 27.9. The summed E-state index contributed by atoms with van der Waals surface area (Å²) in [5.74, 6) is -2.58. The van der Waals surface area contributed by atoms with Crippen LogP contribution < -0.4 is 14.2 Å². The summed E-state index contributed by atoms with van der Waals surface area (Å²) in [6.45, 7) is -1.48. The highest BCUT2D eigenvalue weighted by molar-refractivity contribution is 6.16. The van der Waals surface area contributed by atoms with E-state index in [2.05, 4.69) is 0 Å². The Morgan fingerprint density at radius 3 is 1.86 bits per heavy atom. The highest BCUT2D eigenvalue weighted by Crippen LogP contribution is 2.43. The number of benzene rings is 2. The van der Waals surface area contributed by atoms with Gasteiger partial charge in [-0.15, -0.1) is 0 Å². The van der Waals surface area contributed by atoms with E-state index in [1.54, 1.807) is 0 Å². The number of phenols is 2. The van der Waals surface area contributed by atoms with Gasteiger partial charge in [0.05, 0.1) is 13.2 Å². The molecule has 10 atom stereocenters. The van der Waals surface area contributed by atoms with Crippen molar-refractivity contribution in [3.05, 3.63) is 47.2 Å².